The van der Waals surface area contributed by atoms with Gasteiger partial charge in [0.25, 0.3) is 0 Å². The quantitative estimate of drug-likeness (QED) is 0.640. The Balaban J connectivity index is 2.16. The maximum Gasteiger partial charge on any atom is 0.0998 e. The molecule has 0 aliphatic carbocycles. The van der Waals surface area contributed by atoms with Crippen molar-refractivity contribution < 1.29 is 4.74 Å². The van der Waals surface area contributed by atoms with E-state index in [1.165, 1.54) is 0 Å². The predicted octanol–water partition coefficient (Wildman–Crippen LogP) is 1.01. The van der Waals surface area contributed by atoms with Crippen LogP contribution in [-0.2, 0) is 4.74 Å². The van der Waals surface area contributed by atoms with Crippen molar-refractivity contribution in [2.24, 2.45) is 0 Å². The first-order valence-electron chi connectivity index (χ1n) is 5.02. The molecule has 1 fully saturated rings. The second-order valence-electron chi connectivity index (χ2n) is 4.81. The molecule has 0 spiro atoms. The third kappa shape index (κ3) is 4.60. The van der Waals surface area contributed by atoms with Crippen molar-refractivity contribution >= 4 is 0 Å². The average molecular weight is 186 g/mol. The second kappa shape index (κ2) is 4.40. The summed E-state index contributed by atoms with van der Waals surface area (Å²) < 4.78 is 5.71. The molecule has 0 N–H and O–H groups in total. The fraction of sp³-hybridized carbons (Fsp3) is 1.00. The van der Waals surface area contributed by atoms with Gasteiger partial charge in [-0.3, -0.25) is 4.90 Å². The molecule has 1 heterocycles. The summed E-state index contributed by atoms with van der Waals surface area (Å²) in [6.07, 6.45) is 0. The summed E-state index contributed by atoms with van der Waals surface area (Å²) in [6, 6.07) is 0. The summed E-state index contributed by atoms with van der Waals surface area (Å²) in [5.74, 6) is 0. The van der Waals surface area contributed by atoms with E-state index < -0.39 is 0 Å². The maximum atomic E-state index is 5.71. The molecule has 0 radical (unpaired) electrons. The minimum Gasteiger partial charge on any atom is -0.360 e. The first kappa shape index (κ1) is 11.0. The molecule has 0 saturated carbocycles. The highest BCUT2D eigenvalue weighted by atomic mass is 16.5. The molecule has 0 aromatic carbocycles. The summed E-state index contributed by atoms with van der Waals surface area (Å²) in [7, 11) is 2.17. The number of likely N-dealkylation sites (N-methyl/N-ethyl adjacent to an activating group) is 1. The average Bonchev–Trinajstić information content (AvgIpc) is 2.02. The van der Waals surface area contributed by atoms with Crippen LogP contribution in [0.4, 0.5) is 0 Å². The standard InChI is InChI=1S/C10H22N2O/c1-10(2,3)13-9-12-7-5-11(4)6-8-12/h5-9H2,1-4H3. The van der Waals surface area contributed by atoms with Gasteiger partial charge >= 0.3 is 0 Å². The summed E-state index contributed by atoms with van der Waals surface area (Å²) >= 11 is 0. The molecule has 0 bridgehead atoms. The molecule has 0 unspecified atom stereocenters. The minimum atomic E-state index is -0.0106. The van der Waals surface area contributed by atoms with E-state index in [-0.39, 0.29) is 5.60 Å². The Morgan fingerprint density at radius 1 is 1.08 bits per heavy atom. The summed E-state index contributed by atoms with van der Waals surface area (Å²) in [6.45, 7) is 11.7. The minimum absolute atomic E-state index is 0.0106. The Morgan fingerprint density at radius 2 is 1.62 bits per heavy atom. The molecule has 3 nitrogen and oxygen atoms in total. The van der Waals surface area contributed by atoms with Crippen molar-refractivity contribution in [2.45, 2.75) is 26.4 Å². The number of rotatable bonds is 2. The Morgan fingerprint density at radius 3 is 2.08 bits per heavy atom. The molecule has 1 aliphatic rings. The van der Waals surface area contributed by atoms with Gasteiger partial charge in [-0.25, -0.2) is 0 Å². The van der Waals surface area contributed by atoms with Gasteiger partial charge in [0.05, 0.1) is 12.3 Å². The molecule has 0 amide bonds. The highest BCUT2D eigenvalue weighted by Crippen LogP contribution is 2.08. The molecule has 78 valence electrons. The third-order valence-electron chi connectivity index (χ3n) is 2.28. The van der Waals surface area contributed by atoms with Crippen LogP contribution < -0.4 is 0 Å². The summed E-state index contributed by atoms with van der Waals surface area (Å²) in [4.78, 5) is 4.72. The van der Waals surface area contributed by atoms with Gasteiger partial charge in [0.2, 0.25) is 0 Å². The second-order valence-corrected chi connectivity index (χ2v) is 4.81. The Bertz CT molecular complexity index is 145. The van der Waals surface area contributed by atoms with Gasteiger partial charge in [-0.15, -0.1) is 0 Å². The number of hydrogen-bond donors (Lipinski definition) is 0. The topological polar surface area (TPSA) is 15.7 Å². The lowest BCUT2D eigenvalue weighted by Gasteiger charge is -2.34. The van der Waals surface area contributed by atoms with E-state index in [4.69, 9.17) is 4.74 Å². The Kier molecular flexibility index (Phi) is 3.71. The lowest BCUT2D eigenvalue weighted by molar-refractivity contribution is -0.0724. The molecular weight excluding hydrogens is 164 g/mol. The van der Waals surface area contributed by atoms with Crippen LogP contribution in [0.2, 0.25) is 0 Å². The van der Waals surface area contributed by atoms with Crippen LogP contribution >= 0.6 is 0 Å². The zero-order chi connectivity index (χ0) is 9.90. The SMILES string of the molecule is CN1CCN(COC(C)(C)C)CC1. The van der Waals surface area contributed by atoms with Crippen LogP contribution in [-0.4, -0.2) is 55.4 Å². The number of piperazine rings is 1. The Labute approximate surface area is 81.7 Å². The highest BCUT2D eigenvalue weighted by molar-refractivity contribution is 4.68. The van der Waals surface area contributed by atoms with Crippen LogP contribution in [0.1, 0.15) is 20.8 Å². The molecule has 3 heteroatoms. The van der Waals surface area contributed by atoms with E-state index in [9.17, 15) is 0 Å². The predicted molar refractivity (Wildman–Crippen MR) is 54.8 cm³/mol. The molecule has 13 heavy (non-hydrogen) atoms. The smallest absolute Gasteiger partial charge is 0.0998 e. The number of ether oxygens (including phenoxy) is 1. The molecule has 0 atom stereocenters. The van der Waals surface area contributed by atoms with Crippen LogP contribution in [0.25, 0.3) is 0 Å². The highest BCUT2D eigenvalue weighted by Gasteiger charge is 2.16. The van der Waals surface area contributed by atoms with Crippen molar-refractivity contribution in [2.75, 3.05) is 40.0 Å². The molecule has 1 saturated heterocycles. The first-order chi connectivity index (χ1) is 5.97. The van der Waals surface area contributed by atoms with Crippen LogP contribution in [0.3, 0.4) is 0 Å². The molecule has 0 aromatic rings. The van der Waals surface area contributed by atoms with E-state index in [0.29, 0.717) is 0 Å². The number of hydrogen-bond acceptors (Lipinski definition) is 3. The lowest BCUT2D eigenvalue weighted by atomic mass is 10.2. The monoisotopic (exact) mass is 186 g/mol. The zero-order valence-electron chi connectivity index (χ0n) is 9.34. The van der Waals surface area contributed by atoms with Crippen LogP contribution in [0, 0.1) is 0 Å². The van der Waals surface area contributed by atoms with Crippen molar-refractivity contribution in [3.8, 4) is 0 Å². The van der Waals surface area contributed by atoms with Crippen LogP contribution in [0.5, 0.6) is 0 Å². The molecule has 0 aromatic heterocycles. The fourth-order valence-electron chi connectivity index (χ4n) is 1.26. The van der Waals surface area contributed by atoms with Crippen molar-refractivity contribution in [1.29, 1.82) is 0 Å². The van der Waals surface area contributed by atoms with Gasteiger partial charge in [-0.2, -0.15) is 0 Å². The molecule has 1 rings (SSSR count). The lowest BCUT2D eigenvalue weighted by Crippen LogP contribution is -2.46. The van der Waals surface area contributed by atoms with E-state index in [0.717, 1.165) is 32.9 Å². The largest absolute Gasteiger partial charge is 0.360 e. The van der Waals surface area contributed by atoms with Gasteiger partial charge in [0.15, 0.2) is 0 Å². The fourth-order valence-corrected chi connectivity index (χ4v) is 1.26. The molecule has 1 aliphatic heterocycles. The van der Waals surface area contributed by atoms with Crippen molar-refractivity contribution in [1.82, 2.24) is 9.80 Å². The van der Waals surface area contributed by atoms with Crippen molar-refractivity contribution in [3.63, 3.8) is 0 Å². The Hall–Kier alpha value is -0.120. The summed E-state index contributed by atoms with van der Waals surface area (Å²) in [5.41, 5.74) is -0.0106. The van der Waals surface area contributed by atoms with E-state index in [1.54, 1.807) is 0 Å². The van der Waals surface area contributed by atoms with Gasteiger partial charge in [0, 0.05) is 26.2 Å². The van der Waals surface area contributed by atoms with E-state index >= 15 is 0 Å². The molecular formula is C10H22N2O. The summed E-state index contributed by atoms with van der Waals surface area (Å²) in [5, 5.41) is 0. The van der Waals surface area contributed by atoms with Gasteiger partial charge in [0.1, 0.15) is 0 Å². The van der Waals surface area contributed by atoms with Gasteiger partial charge in [-0.05, 0) is 27.8 Å². The van der Waals surface area contributed by atoms with Crippen molar-refractivity contribution in [3.05, 3.63) is 0 Å². The van der Waals surface area contributed by atoms with Gasteiger partial charge in [-0.1, -0.05) is 0 Å². The van der Waals surface area contributed by atoms with Gasteiger partial charge < -0.3 is 9.64 Å². The van der Waals surface area contributed by atoms with E-state index in [2.05, 4.69) is 37.6 Å². The third-order valence-corrected chi connectivity index (χ3v) is 2.28. The zero-order valence-corrected chi connectivity index (χ0v) is 9.34. The number of nitrogens with zero attached hydrogens (tertiary/aromatic N) is 2. The maximum absolute atomic E-state index is 5.71. The van der Waals surface area contributed by atoms with Crippen LogP contribution in [0.15, 0.2) is 0 Å². The van der Waals surface area contributed by atoms with E-state index in [1.807, 2.05) is 0 Å². The normalized spacial score (nSPS) is 22.2. The first-order valence-corrected chi connectivity index (χ1v) is 5.02.